The molecule has 7 heteroatoms. The highest BCUT2D eigenvalue weighted by molar-refractivity contribution is 5.63. The number of aryl methyl sites for hydroxylation is 1. The first-order valence-corrected chi connectivity index (χ1v) is 13.5. The highest BCUT2D eigenvalue weighted by Crippen LogP contribution is 2.25. The van der Waals surface area contributed by atoms with Gasteiger partial charge in [-0.3, -0.25) is 4.90 Å². The number of benzene rings is 2. The fraction of sp³-hybridized carbons (Fsp3) is 0.467. The average Bonchev–Trinajstić information content (AvgIpc) is 2.93. The predicted octanol–water partition coefficient (Wildman–Crippen LogP) is 4.84. The monoisotopic (exact) mass is 502 g/mol. The molecule has 1 N–H and O–H groups in total. The van der Waals surface area contributed by atoms with Gasteiger partial charge in [-0.05, 0) is 64.2 Å². The maximum Gasteiger partial charge on any atom is 0.161 e. The van der Waals surface area contributed by atoms with Crippen LogP contribution in [0.25, 0.3) is 11.4 Å². The first kappa shape index (κ1) is 26.9. The second-order valence-electron chi connectivity index (χ2n) is 9.90. The van der Waals surface area contributed by atoms with E-state index in [0.717, 1.165) is 93.0 Å². The number of nitrogens with zero attached hydrogens (tertiary/aromatic N) is 5. The highest BCUT2D eigenvalue weighted by atomic mass is 16.5. The third-order valence-corrected chi connectivity index (χ3v) is 7.36. The van der Waals surface area contributed by atoms with Crippen molar-refractivity contribution in [1.29, 1.82) is 0 Å². The summed E-state index contributed by atoms with van der Waals surface area (Å²) in [5.41, 5.74) is 5.68. The van der Waals surface area contributed by atoms with Gasteiger partial charge in [0.1, 0.15) is 11.6 Å². The van der Waals surface area contributed by atoms with E-state index in [1.807, 2.05) is 12.1 Å². The zero-order valence-electron chi connectivity index (χ0n) is 23.1. The maximum atomic E-state index is 5.53. The molecule has 0 atom stereocenters. The van der Waals surface area contributed by atoms with Crippen LogP contribution in [0, 0.1) is 13.8 Å². The Morgan fingerprint density at radius 1 is 0.973 bits per heavy atom. The third-order valence-electron chi connectivity index (χ3n) is 7.36. The molecule has 1 aliphatic heterocycles. The van der Waals surface area contributed by atoms with Crippen molar-refractivity contribution in [3.8, 4) is 17.1 Å². The highest BCUT2D eigenvalue weighted by Gasteiger charge is 2.15. The molecule has 3 aromatic rings. The van der Waals surface area contributed by atoms with Crippen molar-refractivity contribution < 1.29 is 4.74 Å². The fourth-order valence-electron chi connectivity index (χ4n) is 4.75. The van der Waals surface area contributed by atoms with Crippen molar-refractivity contribution in [1.82, 2.24) is 19.8 Å². The molecule has 2 heterocycles. The van der Waals surface area contributed by atoms with Crippen LogP contribution in [-0.4, -0.2) is 79.7 Å². The van der Waals surface area contributed by atoms with Gasteiger partial charge in [-0.25, -0.2) is 9.97 Å². The van der Waals surface area contributed by atoms with Crippen molar-refractivity contribution in [2.45, 2.75) is 33.7 Å². The number of rotatable bonds is 11. The number of nitrogens with one attached hydrogen (secondary N) is 1. The minimum Gasteiger partial charge on any atom is -0.496 e. The summed E-state index contributed by atoms with van der Waals surface area (Å²) < 4.78 is 5.53. The van der Waals surface area contributed by atoms with Crippen molar-refractivity contribution >= 4 is 11.5 Å². The van der Waals surface area contributed by atoms with E-state index >= 15 is 0 Å². The number of aromatic nitrogens is 2. The number of piperazine rings is 1. The van der Waals surface area contributed by atoms with Crippen molar-refractivity contribution in [3.05, 3.63) is 65.4 Å². The topological polar surface area (TPSA) is 56.8 Å². The zero-order valence-corrected chi connectivity index (χ0v) is 23.1. The van der Waals surface area contributed by atoms with E-state index in [9.17, 15) is 0 Å². The number of hydrogen-bond acceptors (Lipinski definition) is 7. The lowest BCUT2D eigenvalue weighted by molar-refractivity contribution is 0.273. The van der Waals surface area contributed by atoms with E-state index in [2.05, 4.69) is 84.2 Å². The van der Waals surface area contributed by atoms with E-state index in [1.165, 1.54) is 11.3 Å². The molecule has 0 radical (unpaired) electrons. The normalized spacial score (nSPS) is 14.3. The van der Waals surface area contributed by atoms with Gasteiger partial charge in [-0.1, -0.05) is 25.1 Å². The first-order valence-electron chi connectivity index (χ1n) is 13.5. The largest absolute Gasteiger partial charge is 0.496 e. The Morgan fingerprint density at radius 3 is 2.41 bits per heavy atom. The van der Waals surface area contributed by atoms with Crippen LogP contribution in [0.3, 0.4) is 0 Å². The van der Waals surface area contributed by atoms with E-state index < -0.39 is 0 Å². The molecule has 37 heavy (non-hydrogen) atoms. The van der Waals surface area contributed by atoms with Gasteiger partial charge in [0.15, 0.2) is 5.82 Å². The Hall–Kier alpha value is -3.16. The summed E-state index contributed by atoms with van der Waals surface area (Å²) in [5.74, 6) is 2.66. The summed E-state index contributed by atoms with van der Waals surface area (Å²) in [5, 5.41) is 3.58. The van der Waals surface area contributed by atoms with E-state index in [0.29, 0.717) is 0 Å². The van der Waals surface area contributed by atoms with Crippen LogP contribution in [-0.2, 0) is 6.54 Å². The van der Waals surface area contributed by atoms with Crippen LogP contribution >= 0.6 is 0 Å². The molecular weight excluding hydrogens is 460 g/mol. The fourth-order valence-corrected chi connectivity index (χ4v) is 4.75. The summed E-state index contributed by atoms with van der Waals surface area (Å²) in [6.45, 7) is 14.5. The van der Waals surface area contributed by atoms with Gasteiger partial charge in [0, 0.05) is 73.9 Å². The molecule has 1 aliphatic rings. The maximum absolute atomic E-state index is 5.53. The number of anilines is 2. The Kier molecular flexibility index (Phi) is 9.36. The van der Waals surface area contributed by atoms with E-state index in [4.69, 9.17) is 14.7 Å². The van der Waals surface area contributed by atoms with Crippen molar-refractivity contribution in [2.24, 2.45) is 0 Å². The van der Waals surface area contributed by atoms with Gasteiger partial charge < -0.3 is 19.9 Å². The molecule has 4 rings (SSSR count). The minimum atomic E-state index is 0.780. The number of ether oxygens (including phenoxy) is 1. The smallest absolute Gasteiger partial charge is 0.161 e. The molecule has 7 nitrogen and oxygen atoms in total. The van der Waals surface area contributed by atoms with Crippen LogP contribution in [0.4, 0.5) is 11.5 Å². The Morgan fingerprint density at radius 2 is 1.70 bits per heavy atom. The standard InChI is InChI=1S/C30H42N6O/c1-6-35(22-26-10-7-8-11-28(26)37-5)17-9-16-31-29-23(2)24(3)32-30(33-29)25-12-14-27(15-13-25)36-20-18-34(4)19-21-36/h7-8,10-15H,6,9,16-22H2,1-5H3,(H,31,32,33). The zero-order chi connectivity index (χ0) is 26.2. The summed E-state index contributed by atoms with van der Waals surface area (Å²) in [4.78, 5) is 17.0. The molecule has 2 aromatic carbocycles. The van der Waals surface area contributed by atoms with Gasteiger partial charge >= 0.3 is 0 Å². The van der Waals surface area contributed by atoms with Crippen LogP contribution in [0.5, 0.6) is 5.75 Å². The van der Waals surface area contributed by atoms with Gasteiger partial charge in [0.25, 0.3) is 0 Å². The predicted molar refractivity (Wildman–Crippen MR) is 154 cm³/mol. The summed E-state index contributed by atoms with van der Waals surface area (Å²) in [7, 11) is 3.92. The van der Waals surface area contributed by atoms with Crippen LogP contribution in [0.1, 0.15) is 30.2 Å². The summed E-state index contributed by atoms with van der Waals surface area (Å²) >= 11 is 0. The lowest BCUT2D eigenvalue weighted by Crippen LogP contribution is -2.44. The molecule has 0 saturated carbocycles. The second kappa shape index (κ2) is 12.9. The Balaban J connectivity index is 1.35. The van der Waals surface area contributed by atoms with E-state index in [-0.39, 0.29) is 0 Å². The van der Waals surface area contributed by atoms with Crippen molar-refractivity contribution in [2.75, 3.05) is 70.2 Å². The Labute approximate surface area is 222 Å². The van der Waals surface area contributed by atoms with Crippen LogP contribution in [0.2, 0.25) is 0 Å². The molecule has 198 valence electrons. The summed E-state index contributed by atoms with van der Waals surface area (Å²) in [6, 6.07) is 17.0. The Bertz CT molecular complexity index is 1140. The second-order valence-corrected chi connectivity index (χ2v) is 9.90. The third kappa shape index (κ3) is 6.99. The van der Waals surface area contributed by atoms with Crippen LogP contribution < -0.4 is 15.0 Å². The lowest BCUT2D eigenvalue weighted by atomic mass is 10.1. The molecule has 0 aliphatic carbocycles. The minimum absolute atomic E-state index is 0.780. The molecule has 0 amide bonds. The SMILES string of the molecule is CCN(CCCNc1nc(-c2ccc(N3CCN(C)CC3)cc2)nc(C)c1C)Cc1ccccc1OC. The van der Waals surface area contributed by atoms with Gasteiger partial charge in [0.05, 0.1) is 7.11 Å². The molecular formula is C30H42N6O. The molecule has 1 saturated heterocycles. The number of methoxy groups -OCH3 is 1. The van der Waals surface area contributed by atoms with Gasteiger partial charge in [-0.2, -0.15) is 0 Å². The van der Waals surface area contributed by atoms with Crippen molar-refractivity contribution in [3.63, 3.8) is 0 Å². The van der Waals surface area contributed by atoms with E-state index in [1.54, 1.807) is 7.11 Å². The number of hydrogen-bond donors (Lipinski definition) is 1. The molecule has 1 fully saturated rings. The molecule has 1 aromatic heterocycles. The average molecular weight is 503 g/mol. The molecule has 0 spiro atoms. The molecule has 0 bridgehead atoms. The lowest BCUT2D eigenvalue weighted by Gasteiger charge is -2.34. The van der Waals surface area contributed by atoms with Gasteiger partial charge in [-0.15, -0.1) is 0 Å². The number of para-hydroxylation sites is 1. The summed E-state index contributed by atoms with van der Waals surface area (Å²) in [6.07, 6.45) is 1.03. The first-order chi connectivity index (χ1) is 18.0. The number of likely N-dealkylation sites (N-methyl/N-ethyl adjacent to an activating group) is 1. The van der Waals surface area contributed by atoms with Crippen LogP contribution in [0.15, 0.2) is 48.5 Å². The molecule has 0 unspecified atom stereocenters. The van der Waals surface area contributed by atoms with Gasteiger partial charge in [0.2, 0.25) is 0 Å². The quantitative estimate of drug-likeness (QED) is 0.376.